The van der Waals surface area contributed by atoms with Crippen molar-refractivity contribution in [3.63, 3.8) is 0 Å². The van der Waals surface area contributed by atoms with Crippen molar-refractivity contribution in [2.45, 2.75) is 13.5 Å². The topological polar surface area (TPSA) is 75.7 Å². The second-order valence-corrected chi connectivity index (χ2v) is 8.34. The van der Waals surface area contributed by atoms with Gasteiger partial charge >= 0.3 is 6.03 Å². The molecule has 172 valence electrons. The Morgan fingerprint density at radius 3 is 2.21 bits per heavy atom. The maximum atomic E-state index is 13.2. The van der Waals surface area contributed by atoms with Crippen molar-refractivity contribution in [1.82, 2.24) is 5.32 Å². The Morgan fingerprint density at radius 2 is 1.59 bits per heavy atom. The van der Waals surface area contributed by atoms with Crippen molar-refractivity contribution >= 4 is 52.8 Å². The highest BCUT2D eigenvalue weighted by Crippen LogP contribution is 2.36. The lowest BCUT2D eigenvalue weighted by Gasteiger charge is -2.26. The van der Waals surface area contributed by atoms with Crippen LogP contribution in [0, 0.1) is 12.7 Å². The van der Waals surface area contributed by atoms with E-state index in [2.05, 4.69) is 5.32 Å². The largest absolute Gasteiger partial charge is 0.486 e. The van der Waals surface area contributed by atoms with Crippen LogP contribution in [0.25, 0.3) is 6.08 Å². The van der Waals surface area contributed by atoms with Crippen LogP contribution in [0.4, 0.5) is 14.9 Å². The molecular weight excluding hydrogens is 482 g/mol. The van der Waals surface area contributed by atoms with Crippen LogP contribution >= 0.6 is 23.2 Å². The first-order chi connectivity index (χ1) is 16.2. The van der Waals surface area contributed by atoms with Crippen LogP contribution in [0.15, 0.2) is 66.2 Å². The number of amides is 4. The number of barbiturate groups is 1. The van der Waals surface area contributed by atoms with Gasteiger partial charge in [0.05, 0.1) is 15.7 Å². The third-order valence-corrected chi connectivity index (χ3v) is 5.58. The van der Waals surface area contributed by atoms with E-state index < -0.39 is 23.7 Å². The summed E-state index contributed by atoms with van der Waals surface area (Å²) in [7, 11) is 0. The normalized spacial score (nSPS) is 15.0. The Hall–Kier alpha value is -3.68. The number of carbonyl (C=O) groups excluding carboxylic acids is 3. The first-order valence-corrected chi connectivity index (χ1v) is 10.8. The molecule has 0 aliphatic carbocycles. The summed E-state index contributed by atoms with van der Waals surface area (Å²) < 4.78 is 19.0. The van der Waals surface area contributed by atoms with Crippen molar-refractivity contribution in [2.24, 2.45) is 0 Å². The van der Waals surface area contributed by atoms with Crippen LogP contribution < -0.4 is 15.0 Å². The fourth-order valence-electron chi connectivity index (χ4n) is 3.29. The van der Waals surface area contributed by atoms with Crippen molar-refractivity contribution in [3.05, 3.63) is 98.8 Å². The van der Waals surface area contributed by atoms with Gasteiger partial charge in [0.15, 0.2) is 5.75 Å². The summed E-state index contributed by atoms with van der Waals surface area (Å²) in [6, 6.07) is 14.5. The van der Waals surface area contributed by atoms with Gasteiger partial charge in [-0.1, -0.05) is 53.0 Å². The van der Waals surface area contributed by atoms with Crippen LogP contribution in [-0.2, 0) is 16.2 Å². The third-order valence-electron chi connectivity index (χ3n) is 5.02. The lowest BCUT2D eigenvalue weighted by atomic mass is 10.1. The molecule has 0 spiro atoms. The zero-order valence-corrected chi connectivity index (χ0v) is 19.3. The van der Waals surface area contributed by atoms with E-state index >= 15 is 0 Å². The predicted octanol–water partition coefficient (Wildman–Crippen LogP) is 5.69. The highest BCUT2D eigenvalue weighted by atomic mass is 35.5. The molecule has 1 fully saturated rings. The summed E-state index contributed by atoms with van der Waals surface area (Å²) in [5.74, 6) is -2.02. The standard InChI is InChI=1S/C25H17Cl2FN2O4/c1-14-2-4-15(5-3-14)13-34-22-20(26)11-16(12-21(22)27)10-19-23(31)29-25(33)30(24(19)32)18-8-6-17(28)7-9-18/h2-12H,13H2,1H3,(H,29,31,33)/b19-10+. The lowest BCUT2D eigenvalue weighted by molar-refractivity contribution is -0.122. The molecule has 1 N–H and O–H groups in total. The Bertz CT molecular complexity index is 1300. The number of hydrogen-bond acceptors (Lipinski definition) is 4. The Balaban J connectivity index is 1.60. The van der Waals surface area contributed by atoms with E-state index in [1.54, 1.807) is 0 Å². The average Bonchev–Trinajstić information content (AvgIpc) is 2.78. The van der Waals surface area contributed by atoms with Crippen LogP contribution in [0.3, 0.4) is 0 Å². The summed E-state index contributed by atoms with van der Waals surface area (Å²) in [5, 5.41) is 2.46. The Kier molecular flexibility index (Phi) is 6.68. The molecule has 3 aromatic rings. The van der Waals surface area contributed by atoms with Gasteiger partial charge in [0.25, 0.3) is 11.8 Å². The minimum absolute atomic E-state index is 0.109. The number of benzene rings is 3. The first-order valence-electron chi connectivity index (χ1n) is 10.1. The van der Waals surface area contributed by atoms with Gasteiger partial charge < -0.3 is 4.74 Å². The molecule has 0 atom stereocenters. The van der Waals surface area contributed by atoms with Crippen LogP contribution in [0.1, 0.15) is 16.7 Å². The number of nitrogens with one attached hydrogen (secondary N) is 1. The molecule has 0 unspecified atom stereocenters. The smallest absolute Gasteiger partial charge is 0.335 e. The van der Waals surface area contributed by atoms with E-state index in [1.165, 1.54) is 30.3 Å². The molecule has 6 nitrogen and oxygen atoms in total. The number of urea groups is 1. The molecule has 9 heteroatoms. The van der Waals surface area contributed by atoms with Crippen molar-refractivity contribution < 1.29 is 23.5 Å². The summed E-state index contributed by atoms with van der Waals surface area (Å²) in [6.07, 6.45) is 1.27. The number of aryl methyl sites for hydroxylation is 1. The van der Waals surface area contributed by atoms with Gasteiger partial charge in [-0.15, -0.1) is 0 Å². The minimum atomic E-state index is -0.935. The quantitative estimate of drug-likeness (QED) is 0.362. The van der Waals surface area contributed by atoms with E-state index in [4.69, 9.17) is 27.9 Å². The van der Waals surface area contributed by atoms with E-state index in [0.29, 0.717) is 5.56 Å². The van der Waals surface area contributed by atoms with Gasteiger partial charge in [-0.25, -0.2) is 14.1 Å². The number of ether oxygens (including phenoxy) is 1. The molecule has 1 aliphatic heterocycles. The van der Waals surface area contributed by atoms with Gasteiger partial charge in [-0.2, -0.15) is 0 Å². The molecule has 3 aromatic carbocycles. The van der Waals surface area contributed by atoms with Crippen molar-refractivity contribution in [2.75, 3.05) is 4.90 Å². The summed E-state index contributed by atoms with van der Waals surface area (Å²) in [5.41, 5.74) is 2.20. The van der Waals surface area contributed by atoms with Crippen molar-refractivity contribution in [3.8, 4) is 5.75 Å². The van der Waals surface area contributed by atoms with Gasteiger partial charge in [0.2, 0.25) is 0 Å². The number of rotatable bonds is 5. The average molecular weight is 499 g/mol. The van der Waals surface area contributed by atoms with Gasteiger partial charge in [0.1, 0.15) is 18.0 Å². The molecule has 0 aromatic heterocycles. The minimum Gasteiger partial charge on any atom is -0.486 e. The number of imide groups is 2. The lowest BCUT2D eigenvalue weighted by Crippen LogP contribution is -2.54. The van der Waals surface area contributed by atoms with Gasteiger partial charge in [-0.3, -0.25) is 14.9 Å². The molecule has 0 bridgehead atoms. The zero-order valence-electron chi connectivity index (χ0n) is 17.8. The fourth-order valence-corrected chi connectivity index (χ4v) is 3.90. The molecule has 0 saturated carbocycles. The monoisotopic (exact) mass is 498 g/mol. The van der Waals surface area contributed by atoms with E-state index in [-0.39, 0.29) is 33.7 Å². The number of hydrogen-bond donors (Lipinski definition) is 1. The second kappa shape index (κ2) is 9.67. The summed E-state index contributed by atoms with van der Waals surface area (Å²) in [6.45, 7) is 2.23. The molecule has 1 heterocycles. The Morgan fingerprint density at radius 1 is 0.971 bits per heavy atom. The van der Waals surface area contributed by atoms with Crippen molar-refractivity contribution in [1.29, 1.82) is 0 Å². The predicted molar refractivity (Wildman–Crippen MR) is 127 cm³/mol. The van der Waals surface area contributed by atoms with E-state index in [0.717, 1.165) is 28.2 Å². The molecule has 4 rings (SSSR count). The second-order valence-electron chi connectivity index (χ2n) is 7.52. The SMILES string of the molecule is Cc1ccc(COc2c(Cl)cc(/C=C3\C(=O)NC(=O)N(c4ccc(F)cc4)C3=O)cc2Cl)cc1. The van der Waals surface area contributed by atoms with Crippen LogP contribution in [-0.4, -0.2) is 17.8 Å². The third kappa shape index (κ3) is 4.95. The molecule has 34 heavy (non-hydrogen) atoms. The molecule has 1 aliphatic rings. The molecule has 1 saturated heterocycles. The highest BCUT2D eigenvalue weighted by molar-refractivity contribution is 6.40. The first kappa shape index (κ1) is 23.5. The van der Waals surface area contributed by atoms with Gasteiger partial charge in [-0.05, 0) is 60.5 Å². The van der Waals surface area contributed by atoms with E-state index in [1.807, 2.05) is 31.2 Å². The van der Waals surface area contributed by atoms with Gasteiger partial charge in [0, 0.05) is 0 Å². The maximum Gasteiger partial charge on any atom is 0.335 e. The molecule has 0 radical (unpaired) electrons. The van der Waals surface area contributed by atoms with Crippen LogP contribution in [0.5, 0.6) is 5.75 Å². The highest BCUT2D eigenvalue weighted by Gasteiger charge is 2.36. The number of anilines is 1. The number of nitrogens with zero attached hydrogens (tertiary/aromatic N) is 1. The van der Waals surface area contributed by atoms with Crippen LogP contribution in [0.2, 0.25) is 10.0 Å². The Labute approximate surface area is 204 Å². The number of carbonyl (C=O) groups is 3. The number of halogens is 3. The summed E-state index contributed by atoms with van der Waals surface area (Å²) in [4.78, 5) is 38.3. The maximum absolute atomic E-state index is 13.2. The molecule has 4 amide bonds. The summed E-state index contributed by atoms with van der Waals surface area (Å²) >= 11 is 12.7. The molecular formula is C25H17Cl2FN2O4. The zero-order chi connectivity index (χ0) is 24.4. The van der Waals surface area contributed by atoms with E-state index in [9.17, 15) is 18.8 Å². The fraction of sp³-hybridized carbons (Fsp3) is 0.0800.